The second-order valence-electron chi connectivity index (χ2n) is 16.2. The molecule has 0 radical (unpaired) electrons. The molecule has 4 saturated carbocycles. The Hall–Kier alpha value is -1.59. The number of hydrogen-bond donors (Lipinski definition) is 0. The Bertz CT molecular complexity index is 984. The molecule has 0 unspecified atom stereocenters. The van der Waals surface area contributed by atoms with E-state index in [2.05, 4.69) is 48.5 Å². The topological polar surface area (TPSA) is 78.9 Å². The Morgan fingerprint density at radius 1 is 0.732 bits per heavy atom. The number of hydrogen-bond acceptors (Lipinski definition) is 6. The van der Waals surface area contributed by atoms with E-state index in [1.807, 2.05) is 0 Å². The van der Waals surface area contributed by atoms with Crippen molar-refractivity contribution >= 4 is 17.9 Å². The molecular formula is C35H58O6. The van der Waals surface area contributed by atoms with Crippen LogP contribution in [0.3, 0.4) is 0 Å². The molecule has 0 bridgehead atoms. The highest BCUT2D eigenvalue weighted by molar-refractivity contribution is 5.67. The van der Waals surface area contributed by atoms with Crippen LogP contribution in [0.25, 0.3) is 0 Å². The normalized spacial score (nSPS) is 41.7. The van der Waals surface area contributed by atoms with Crippen molar-refractivity contribution in [1.29, 1.82) is 0 Å². The minimum absolute atomic E-state index is 0.0724. The van der Waals surface area contributed by atoms with Crippen LogP contribution in [0.2, 0.25) is 0 Å². The van der Waals surface area contributed by atoms with Gasteiger partial charge in [0.05, 0.1) is 0 Å². The molecule has 6 heteroatoms. The van der Waals surface area contributed by atoms with Crippen LogP contribution in [0, 0.1) is 57.7 Å². The molecule has 4 aliphatic rings. The van der Waals surface area contributed by atoms with Gasteiger partial charge in [-0.3, -0.25) is 14.4 Å². The zero-order chi connectivity index (χ0) is 30.5. The first kappa shape index (κ1) is 32.3. The second kappa shape index (κ2) is 11.8. The fourth-order valence-electron chi connectivity index (χ4n) is 10.4. The third-order valence-electron chi connectivity index (χ3n) is 12.9. The zero-order valence-corrected chi connectivity index (χ0v) is 27.6. The monoisotopic (exact) mass is 574 g/mol. The van der Waals surface area contributed by atoms with Crippen LogP contribution in [0.5, 0.6) is 0 Å². The summed E-state index contributed by atoms with van der Waals surface area (Å²) in [6.07, 6.45) is 8.40. The first-order valence-corrected chi connectivity index (χ1v) is 16.5. The van der Waals surface area contributed by atoms with E-state index >= 15 is 0 Å². The van der Waals surface area contributed by atoms with Crippen LogP contribution in [-0.2, 0) is 28.6 Å². The number of carbonyl (C=O) groups excluding carboxylic acids is 3. The highest BCUT2D eigenvalue weighted by atomic mass is 16.6. The molecule has 4 aliphatic carbocycles. The van der Waals surface area contributed by atoms with Crippen LogP contribution < -0.4 is 0 Å². The molecule has 0 aliphatic heterocycles. The molecule has 4 fully saturated rings. The molecule has 0 heterocycles. The molecule has 0 aromatic rings. The van der Waals surface area contributed by atoms with Crippen molar-refractivity contribution in [2.75, 3.05) is 0 Å². The van der Waals surface area contributed by atoms with Gasteiger partial charge in [-0.1, -0.05) is 54.9 Å². The minimum atomic E-state index is -0.509. The Labute approximate surface area is 249 Å². The van der Waals surface area contributed by atoms with Crippen LogP contribution in [0.4, 0.5) is 0 Å². The van der Waals surface area contributed by atoms with E-state index in [4.69, 9.17) is 14.2 Å². The molecule has 0 aromatic heterocycles. The van der Waals surface area contributed by atoms with E-state index in [0.717, 1.165) is 18.8 Å². The van der Waals surface area contributed by atoms with Crippen molar-refractivity contribution in [2.24, 2.45) is 57.7 Å². The van der Waals surface area contributed by atoms with E-state index in [-0.39, 0.29) is 35.3 Å². The molecular weight excluding hydrogens is 516 g/mol. The molecule has 12 atom stereocenters. The number of ether oxygens (including phenoxy) is 3. The van der Waals surface area contributed by atoms with Gasteiger partial charge in [-0.2, -0.15) is 0 Å². The first-order chi connectivity index (χ1) is 19.0. The van der Waals surface area contributed by atoms with E-state index < -0.39 is 12.2 Å². The number of carbonyl (C=O) groups is 3. The summed E-state index contributed by atoms with van der Waals surface area (Å²) in [6.45, 7) is 21.2. The predicted molar refractivity (Wildman–Crippen MR) is 160 cm³/mol. The highest BCUT2D eigenvalue weighted by Crippen LogP contribution is 2.69. The van der Waals surface area contributed by atoms with Gasteiger partial charge in [0, 0.05) is 26.7 Å². The zero-order valence-electron chi connectivity index (χ0n) is 27.6. The van der Waals surface area contributed by atoms with Crippen LogP contribution in [0.1, 0.15) is 127 Å². The Morgan fingerprint density at radius 3 is 1.88 bits per heavy atom. The summed E-state index contributed by atoms with van der Waals surface area (Å²) in [5, 5.41) is 0. The molecule has 234 valence electrons. The van der Waals surface area contributed by atoms with Gasteiger partial charge in [0.1, 0.15) is 18.3 Å². The first-order valence-electron chi connectivity index (χ1n) is 16.5. The maximum atomic E-state index is 12.4. The quantitative estimate of drug-likeness (QED) is 0.228. The van der Waals surface area contributed by atoms with E-state index in [1.54, 1.807) is 0 Å². The lowest BCUT2D eigenvalue weighted by atomic mass is 9.43. The summed E-state index contributed by atoms with van der Waals surface area (Å²) in [6, 6.07) is 0. The predicted octanol–water partition coefficient (Wildman–Crippen LogP) is 7.76. The smallest absolute Gasteiger partial charge is 0.303 e. The van der Waals surface area contributed by atoms with Crippen LogP contribution >= 0.6 is 0 Å². The van der Waals surface area contributed by atoms with Crippen molar-refractivity contribution in [3.8, 4) is 0 Å². The summed E-state index contributed by atoms with van der Waals surface area (Å²) >= 11 is 0. The van der Waals surface area contributed by atoms with Crippen LogP contribution in [0.15, 0.2) is 0 Å². The number of fused-ring (bicyclic) bond motifs is 5. The lowest BCUT2D eigenvalue weighted by molar-refractivity contribution is -0.219. The minimum Gasteiger partial charge on any atom is -0.462 e. The Kier molecular flexibility index (Phi) is 9.33. The molecule has 0 saturated heterocycles. The van der Waals surface area contributed by atoms with Gasteiger partial charge in [0.15, 0.2) is 0 Å². The lowest BCUT2D eigenvalue weighted by Crippen LogP contribution is -2.62. The maximum absolute atomic E-state index is 12.4. The molecule has 4 rings (SSSR count). The van der Waals surface area contributed by atoms with E-state index in [1.165, 1.54) is 52.9 Å². The van der Waals surface area contributed by atoms with Gasteiger partial charge < -0.3 is 14.2 Å². The third kappa shape index (κ3) is 6.37. The highest BCUT2D eigenvalue weighted by Gasteiger charge is 2.64. The third-order valence-corrected chi connectivity index (χ3v) is 12.9. The van der Waals surface area contributed by atoms with Gasteiger partial charge in [-0.05, 0) is 103 Å². The van der Waals surface area contributed by atoms with Crippen molar-refractivity contribution in [3.05, 3.63) is 0 Å². The van der Waals surface area contributed by atoms with Gasteiger partial charge >= 0.3 is 17.9 Å². The summed E-state index contributed by atoms with van der Waals surface area (Å²) < 4.78 is 17.6. The maximum Gasteiger partial charge on any atom is 0.303 e. The average Bonchev–Trinajstić information content (AvgIpc) is 3.19. The SMILES string of the molecule is CC(=O)O[C@H]1C[C@@H]2[C@@H](OC(C)=O)C[C@@H]3[C@H](CC[C@]4(C)[C@@H]([C@H](C)CC[C@H](C)C(C)(C)C)CC[C@@H]34)[C@@]2(C)C[C@@H]1OC(C)=O. The molecule has 0 N–H and O–H groups in total. The summed E-state index contributed by atoms with van der Waals surface area (Å²) in [5.74, 6) is 2.82. The Morgan fingerprint density at radius 2 is 1.29 bits per heavy atom. The fourth-order valence-corrected chi connectivity index (χ4v) is 10.4. The number of esters is 3. The largest absolute Gasteiger partial charge is 0.462 e. The average molecular weight is 575 g/mol. The Balaban J connectivity index is 1.60. The molecule has 6 nitrogen and oxygen atoms in total. The van der Waals surface area contributed by atoms with Gasteiger partial charge in [-0.15, -0.1) is 0 Å². The summed E-state index contributed by atoms with van der Waals surface area (Å²) in [7, 11) is 0. The van der Waals surface area contributed by atoms with Crippen molar-refractivity contribution in [3.63, 3.8) is 0 Å². The summed E-state index contributed by atoms with van der Waals surface area (Å²) in [4.78, 5) is 36.5. The second-order valence-corrected chi connectivity index (χ2v) is 16.2. The van der Waals surface area contributed by atoms with E-state index in [0.29, 0.717) is 53.3 Å². The molecule has 41 heavy (non-hydrogen) atoms. The van der Waals surface area contributed by atoms with Gasteiger partial charge in [0.2, 0.25) is 0 Å². The molecule has 0 amide bonds. The molecule has 0 aromatic carbocycles. The number of rotatable bonds is 7. The van der Waals surface area contributed by atoms with Crippen LogP contribution in [-0.4, -0.2) is 36.2 Å². The standard InChI is InChI=1S/C35H58O6/c1-20(11-12-21(2)33(6,7)8)26-13-14-27-25-17-30(39-22(3)36)29-18-31(40-23(4)37)32(41-24(5)38)19-35(29,10)28(25)15-16-34(26,27)9/h20-21,25-32H,11-19H2,1-10H3/t20-,21+,25+,26-,27+,28+,29-,30+,31+,32+,34-,35-/m1/s1. The lowest BCUT2D eigenvalue weighted by Gasteiger charge is -2.63. The van der Waals surface area contributed by atoms with Crippen molar-refractivity contribution in [2.45, 2.75) is 145 Å². The van der Waals surface area contributed by atoms with Crippen molar-refractivity contribution < 1.29 is 28.6 Å². The molecule has 0 spiro atoms. The fraction of sp³-hybridized carbons (Fsp3) is 0.914. The van der Waals surface area contributed by atoms with E-state index in [9.17, 15) is 14.4 Å². The van der Waals surface area contributed by atoms with Gasteiger partial charge in [0.25, 0.3) is 0 Å². The van der Waals surface area contributed by atoms with Gasteiger partial charge in [-0.25, -0.2) is 0 Å². The van der Waals surface area contributed by atoms with Crippen molar-refractivity contribution in [1.82, 2.24) is 0 Å². The summed E-state index contributed by atoms with van der Waals surface area (Å²) in [5.41, 5.74) is 0.491.